The third-order valence-electron chi connectivity index (χ3n) is 3.74. The van der Waals surface area contributed by atoms with Crippen molar-refractivity contribution in [3.8, 4) is 5.75 Å². The van der Waals surface area contributed by atoms with Crippen LogP contribution in [-0.4, -0.2) is 24.6 Å². The van der Waals surface area contributed by atoms with Gasteiger partial charge in [-0.3, -0.25) is 4.79 Å². The molecule has 0 aromatic heterocycles. The number of amides is 1. The first kappa shape index (κ1) is 18.3. The molecule has 0 saturated carbocycles. The van der Waals surface area contributed by atoms with Gasteiger partial charge in [0.25, 0.3) is 5.91 Å². The fourth-order valence-electron chi connectivity index (χ4n) is 2.35. The Labute approximate surface area is 160 Å². The molecule has 0 unspecified atom stereocenters. The molecule has 0 aliphatic carbocycles. The minimum Gasteiger partial charge on any atom is -0.488 e. The Hall–Kier alpha value is -2.50. The molecule has 0 radical (unpaired) electrons. The normalized spacial score (nSPS) is 13.7. The Kier molecular flexibility index (Phi) is 5.49. The summed E-state index contributed by atoms with van der Waals surface area (Å²) in [4.78, 5) is 24.5. The molecule has 7 heteroatoms. The lowest BCUT2D eigenvalue weighted by Crippen LogP contribution is -2.31. The summed E-state index contributed by atoms with van der Waals surface area (Å²) in [6.45, 7) is 1.57. The minimum absolute atomic E-state index is 0.0905. The Morgan fingerprint density at radius 1 is 1.19 bits per heavy atom. The molecule has 0 saturated heterocycles. The molecule has 1 amide bonds. The van der Waals surface area contributed by atoms with Gasteiger partial charge in [0.1, 0.15) is 12.4 Å². The number of esters is 1. The van der Waals surface area contributed by atoms with Gasteiger partial charge in [-0.05, 0) is 37.3 Å². The topological polar surface area (TPSA) is 64.6 Å². The van der Waals surface area contributed by atoms with Gasteiger partial charge in [-0.15, -0.1) is 0 Å². The standard InChI is InChI=1S/C19H15Cl2NO4/c1-11(18(23)22-16-7-6-14(20)9-15(16)21)26-19(24)13-8-12-4-2-3-5-17(12)25-10-13/h2-9,11H,10H2,1H3,(H,22,23)/t11-/m0/s1. The molecule has 2 aromatic rings. The van der Waals surface area contributed by atoms with Crippen LogP contribution in [0, 0.1) is 0 Å². The lowest BCUT2D eigenvalue weighted by Gasteiger charge is -2.19. The van der Waals surface area contributed by atoms with E-state index >= 15 is 0 Å². The number of carbonyl (C=O) groups excluding carboxylic acids is 2. The van der Waals surface area contributed by atoms with Crippen LogP contribution < -0.4 is 10.1 Å². The highest BCUT2D eigenvalue weighted by Gasteiger charge is 2.23. The number of anilines is 1. The summed E-state index contributed by atoms with van der Waals surface area (Å²) in [5.41, 5.74) is 1.52. The summed E-state index contributed by atoms with van der Waals surface area (Å²) in [7, 11) is 0. The first-order valence-corrected chi connectivity index (χ1v) is 8.59. The van der Waals surface area contributed by atoms with Gasteiger partial charge >= 0.3 is 5.97 Å². The fourth-order valence-corrected chi connectivity index (χ4v) is 2.80. The van der Waals surface area contributed by atoms with Crippen molar-refractivity contribution >= 4 is 46.8 Å². The molecule has 2 aromatic carbocycles. The summed E-state index contributed by atoms with van der Waals surface area (Å²) in [6.07, 6.45) is 0.689. The monoisotopic (exact) mass is 391 g/mol. The van der Waals surface area contributed by atoms with E-state index in [1.807, 2.05) is 24.3 Å². The molecule has 1 aliphatic rings. The quantitative estimate of drug-likeness (QED) is 0.787. The van der Waals surface area contributed by atoms with E-state index in [9.17, 15) is 9.59 Å². The SMILES string of the molecule is C[C@H](OC(=O)C1=Cc2ccccc2OC1)C(=O)Nc1ccc(Cl)cc1Cl. The van der Waals surface area contributed by atoms with Gasteiger partial charge in [-0.2, -0.15) is 0 Å². The van der Waals surface area contributed by atoms with Gasteiger partial charge < -0.3 is 14.8 Å². The zero-order chi connectivity index (χ0) is 18.7. The number of hydrogen-bond acceptors (Lipinski definition) is 4. The molecule has 1 atom stereocenters. The van der Waals surface area contributed by atoms with Crippen molar-refractivity contribution in [2.45, 2.75) is 13.0 Å². The van der Waals surface area contributed by atoms with E-state index in [-0.39, 0.29) is 6.61 Å². The zero-order valence-electron chi connectivity index (χ0n) is 13.8. The van der Waals surface area contributed by atoms with E-state index in [0.717, 1.165) is 5.56 Å². The number of para-hydroxylation sites is 1. The van der Waals surface area contributed by atoms with Crippen LogP contribution >= 0.6 is 23.2 Å². The smallest absolute Gasteiger partial charge is 0.338 e. The Morgan fingerprint density at radius 3 is 2.73 bits per heavy atom. The van der Waals surface area contributed by atoms with E-state index < -0.39 is 18.0 Å². The summed E-state index contributed by atoms with van der Waals surface area (Å²) in [5, 5.41) is 3.35. The minimum atomic E-state index is -1.01. The average molecular weight is 392 g/mol. The van der Waals surface area contributed by atoms with Crippen molar-refractivity contribution in [3.63, 3.8) is 0 Å². The van der Waals surface area contributed by atoms with Gasteiger partial charge in [-0.1, -0.05) is 41.4 Å². The lowest BCUT2D eigenvalue weighted by molar-refractivity contribution is -0.149. The van der Waals surface area contributed by atoms with Crippen LogP contribution in [0.2, 0.25) is 10.0 Å². The van der Waals surface area contributed by atoms with Gasteiger partial charge in [0.05, 0.1) is 16.3 Å². The Bertz CT molecular complexity index is 895. The first-order chi connectivity index (χ1) is 12.4. The van der Waals surface area contributed by atoms with Crippen LogP contribution in [0.15, 0.2) is 48.0 Å². The predicted octanol–water partition coefficient (Wildman–Crippen LogP) is 4.34. The van der Waals surface area contributed by atoms with Crippen molar-refractivity contribution < 1.29 is 19.1 Å². The van der Waals surface area contributed by atoms with Crippen LogP contribution in [0.3, 0.4) is 0 Å². The van der Waals surface area contributed by atoms with Crippen molar-refractivity contribution in [1.82, 2.24) is 0 Å². The Morgan fingerprint density at radius 2 is 1.96 bits per heavy atom. The number of rotatable bonds is 4. The average Bonchev–Trinajstić information content (AvgIpc) is 2.63. The summed E-state index contributed by atoms with van der Waals surface area (Å²) in [6, 6.07) is 12.0. The fraction of sp³-hybridized carbons (Fsp3) is 0.158. The molecule has 26 heavy (non-hydrogen) atoms. The van der Waals surface area contributed by atoms with Crippen molar-refractivity contribution in [2.75, 3.05) is 11.9 Å². The van der Waals surface area contributed by atoms with Crippen LogP contribution in [-0.2, 0) is 14.3 Å². The second-order valence-corrected chi connectivity index (χ2v) is 6.50. The molecule has 1 aliphatic heterocycles. The second kappa shape index (κ2) is 7.81. The maximum Gasteiger partial charge on any atom is 0.338 e. The Balaban J connectivity index is 1.64. The molecule has 3 rings (SSSR count). The molecule has 0 spiro atoms. The maximum absolute atomic E-state index is 12.3. The highest BCUT2D eigenvalue weighted by atomic mass is 35.5. The van der Waals surface area contributed by atoms with E-state index in [4.69, 9.17) is 32.7 Å². The molecular formula is C19H15Cl2NO4. The highest BCUT2D eigenvalue weighted by molar-refractivity contribution is 6.36. The van der Waals surface area contributed by atoms with Crippen LogP contribution in [0.5, 0.6) is 5.75 Å². The van der Waals surface area contributed by atoms with Gasteiger partial charge in [0, 0.05) is 10.6 Å². The predicted molar refractivity (Wildman–Crippen MR) is 101 cm³/mol. The van der Waals surface area contributed by atoms with Gasteiger partial charge in [-0.25, -0.2) is 4.79 Å². The van der Waals surface area contributed by atoms with E-state index in [0.29, 0.717) is 27.1 Å². The number of fused-ring (bicyclic) bond motifs is 1. The summed E-state index contributed by atoms with van der Waals surface area (Å²) in [5.74, 6) is -0.406. The molecular weight excluding hydrogens is 377 g/mol. The maximum atomic E-state index is 12.3. The van der Waals surface area contributed by atoms with Crippen LogP contribution in [0.1, 0.15) is 12.5 Å². The first-order valence-electron chi connectivity index (χ1n) is 7.83. The third-order valence-corrected chi connectivity index (χ3v) is 4.28. The summed E-state index contributed by atoms with van der Waals surface area (Å²) >= 11 is 11.8. The highest BCUT2D eigenvalue weighted by Crippen LogP contribution is 2.27. The third kappa shape index (κ3) is 4.18. The molecule has 0 bridgehead atoms. The van der Waals surface area contributed by atoms with Gasteiger partial charge in [0.2, 0.25) is 0 Å². The van der Waals surface area contributed by atoms with E-state index in [2.05, 4.69) is 5.32 Å². The summed E-state index contributed by atoms with van der Waals surface area (Å²) < 4.78 is 10.8. The van der Waals surface area contributed by atoms with Gasteiger partial charge in [0.15, 0.2) is 6.10 Å². The largest absolute Gasteiger partial charge is 0.488 e. The lowest BCUT2D eigenvalue weighted by atomic mass is 10.1. The molecule has 0 fully saturated rings. The van der Waals surface area contributed by atoms with Crippen LogP contribution in [0.25, 0.3) is 6.08 Å². The number of ether oxygens (including phenoxy) is 2. The van der Waals surface area contributed by atoms with E-state index in [1.54, 1.807) is 18.2 Å². The van der Waals surface area contributed by atoms with Crippen LogP contribution in [0.4, 0.5) is 5.69 Å². The molecule has 5 nitrogen and oxygen atoms in total. The molecule has 134 valence electrons. The molecule has 1 heterocycles. The number of carbonyl (C=O) groups is 2. The zero-order valence-corrected chi connectivity index (χ0v) is 15.3. The van der Waals surface area contributed by atoms with Crippen molar-refractivity contribution in [3.05, 3.63) is 63.6 Å². The number of hydrogen-bond donors (Lipinski definition) is 1. The van der Waals surface area contributed by atoms with Crippen molar-refractivity contribution in [1.29, 1.82) is 0 Å². The molecule has 1 N–H and O–H groups in total. The number of benzene rings is 2. The number of nitrogens with one attached hydrogen (secondary N) is 1. The second-order valence-electron chi connectivity index (χ2n) is 5.66. The van der Waals surface area contributed by atoms with E-state index in [1.165, 1.54) is 13.0 Å². The number of halogens is 2. The van der Waals surface area contributed by atoms with Crippen molar-refractivity contribution in [2.24, 2.45) is 0 Å².